The summed E-state index contributed by atoms with van der Waals surface area (Å²) in [5, 5.41) is 8.38. The molecule has 0 radical (unpaired) electrons. The molecule has 7 nitrogen and oxygen atoms in total. The van der Waals surface area contributed by atoms with E-state index in [1.165, 1.54) is 6.33 Å². The standard InChI is InChI=1S/C17H20N6O/c1-21(17(24)8-5-9-22-14-18-13-20-22)11-15-10-19-23(12-15)16-6-3-2-4-7-16/h2-4,6-7,10,12-14H,5,8-9,11H2,1H3. The monoisotopic (exact) mass is 324 g/mol. The van der Waals surface area contributed by atoms with Gasteiger partial charge in [0.2, 0.25) is 5.91 Å². The van der Waals surface area contributed by atoms with E-state index in [-0.39, 0.29) is 5.91 Å². The van der Waals surface area contributed by atoms with E-state index in [1.54, 1.807) is 22.1 Å². The van der Waals surface area contributed by atoms with Crippen molar-refractivity contribution in [1.29, 1.82) is 0 Å². The van der Waals surface area contributed by atoms with Crippen molar-refractivity contribution in [2.24, 2.45) is 0 Å². The van der Waals surface area contributed by atoms with Gasteiger partial charge in [-0.15, -0.1) is 0 Å². The van der Waals surface area contributed by atoms with Gasteiger partial charge in [0.05, 0.1) is 11.9 Å². The topological polar surface area (TPSA) is 68.8 Å². The van der Waals surface area contributed by atoms with Crippen LogP contribution in [0.25, 0.3) is 5.69 Å². The molecule has 7 heteroatoms. The molecule has 0 aliphatic carbocycles. The van der Waals surface area contributed by atoms with Crippen LogP contribution in [0.15, 0.2) is 55.4 Å². The first-order chi connectivity index (χ1) is 11.7. The number of carbonyl (C=O) groups is 1. The van der Waals surface area contributed by atoms with Gasteiger partial charge in [0.1, 0.15) is 12.7 Å². The first-order valence-electron chi connectivity index (χ1n) is 7.88. The van der Waals surface area contributed by atoms with Crippen molar-refractivity contribution in [2.45, 2.75) is 25.9 Å². The predicted molar refractivity (Wildman–Crippen MR) is 89.3 cm³/mol. The molecular weight excluding hydrogens is 304 g/mol. The normalized spacial score (nSPS) is 10.7. The first-order valence-corrected chi connectivity index (χ1v) is 7.88. The van der Waals surface area contributed by atoms with Gasteiger partial charge >= 0.3 is 0 Å². The SMILES string of the molecule is CN(Cc1cnn(-c2ccccc2)c1)C(=O)CCCn1cncn1. The van der Waals surface area contributed by atoms with Crippen LogP contribution >= 0.6 is 0 Å². The Kier molecular flexibility index (Phi) is 5.00. The molecule has 2 aromatic heterocycles. The zero-order chi connectivity index (χ0) is 16.8. The maximum atomic E-state index is 12.2. The fourth-order valence-corrected chi connectivity index (χ4v) is 2.46. The third-order valence-electron chi connectivity index (χ3n) is 3.75. The third kappa shape index (κ3) is 4.07. The van der Waals surface area contributed by atoms with Crippen LogP contribution in [-0.4, -0.2) is 42.4 Å². The van der Waals surface area contributed by atoms with Gasteiger partial charge < -0.3 is 4.90 Å². The summed E-state index contributed by atoms with van der Waals surface area (Å²) in [5.41, 5.74) is 2.01. The number of para-hydroxylation sites is 1. The maximum absolute atomic E-state index is 12.2. The Labute approximate surface area is 140 Å². The highest BCUT2D eigenvalue weighted by Gasteiger charge is 2.10. The summed E-state index contributed by atoms with van der Waals surface area (Å²) in [4.78, 5) is 17.8. The Morgan fingerprint density at radius 2 is 2.04 bits per heavy atom. The van der Waals surface area contributed by atoms with E-state index in [0.29, 0.717) is 19.5 Å². The smallest absolute Gasteiger partial charge is 0.222 e. The molecule has 124 valence electrons. The number of carbonyl (C=O) groups excluding carboxylic acids is 1. The van der Waals surface area contributed by atoms with Gasteiger partial charge in [0.25, 0.3) is 0 Å². The van der Waals surface area contributed by atoms with E-state index in [1.807, 2.05) is 48.3 Å². The number of rotatable bonds is 7. The molecule has 1 aromatic carbocycles. The summed E-state index contributed by atoms with van der Waals surface area (Å²) in [6.45, 7) is 1.25. The van der Waals surface area contributed by atoms with Crippen molar-refractivity contribution in [3.8, 4) is 5.69 Å². The van der Waals surface area contributed by atoms with Crippen molar-refractivity contribution in [3.05, 3.63) is 60.9 Å². The number of amides is 1. The highest BCUT2D eigenvalue weighted by molar-refractivity contribution is 5.75. The van der Waals surface area contributed by atoms with E-state index in [2.05, 4.69) is 15.2 Å². The van der Waals surface area contributed by atoms with Gasteiger partial charge in [-0.3, -0.25) is 9.48 Å². The Hall–Kier alpha value is -2.96. The third-order valence-corrected chi connectivity index (χ3v) is 3.75. The largest absolute Gasteiger partial charge is 0.341 e. The highest BCUT2D eigenvalue weighted by atomic mass is 16.2. The first kappa shape index (κ1) is 15.9. The number of hydrogen-bond donors (Lipinski definition) is 0. The molecule has 3 aromatic rings. The molecule has 0 bridgehead atoms. The van der Waals surface area contributed by atoms with E-state index in [0.717, 1.165) is 17.7 Å². The van der Waals surface area contributed by atoms with E-state index < -0.39 is 0 Å². The summed E-state index contributed by atoms with van der Waals surface area (Å²) < 4.78 is 3.55. The van der Waals surface area contributed by atoms with Crippen LogP contribution in [0.4, 0.5) is 0 Å². The van der Waals surface area contributed by atoms with Gasteiger partial charge in [0.15, 0.2) is 0 Å². The van der Waals surface area contributed by atoms with Crippen LogP contribution in [0.5, 0.6) is 0 Å². The Bertz CT molecular complexity index is 766. The zero-order valence-corrected chi connectivity index (χ0v) is 13.6. The molecule has 0 aliphatic heterocycles. The summed E-state index contributed by atoms with van der Waals surface area (Å²) >= 11 is 0. The highest BCUT2D eigenvalue weighted by Crippen LogP contribution is 2.10. The fourth-order valence-electron chi connectivity index (χ4n) is 2.46. The molecule has 0 atom stereocenters. The second kappa shape index (κ2) is 7.54. The molecule has 3 rings (SSSR count). The molecule has 2 heterocycles. The lowest BCUT2D eigenvalue weighted by molar-refractivity contribution is -0.130. The Balaban J connectivity index is 1.50. The molecule has 1 amide bonds. The molecule has 0 fully saturated rings. The lowest BCUT2D eigenvalue weighted by Crippen LogP contribution is -2.26. The second-order valence-electron chi connectivity index (χ2n) is 5.64. The quantitative estimate of drug-likeness (QED) is 0.666. The van der Waals surface area contributed by atoms with Crippen molar-refractivity contribution >= 4 is 5.91 Å². The minimum atomic E-state index is 0.113. The van der Waals surface area contributed by atoms with Gasteiger partial charge in [-0.1, -0.05) is 18.2 Å². The summed E-state index contributed by atoms with van der Waals surface area (Å²) in [6, 6.07) is 9.91. The average Bonchev–Trinajstić information content (AvgIpc) is 3.27. The fraction of sp³-hybridized carbons (Fsp3) is 0.294. The average molecular weight is 324 g/mol. The lowest BCUT2D eigenvalue weighted by atomic mass is 10.2. The number of benzene rings is 1. The predicted octanol–water partition coefficient (Wildman–Crippen LogP) is 1.90. The van der Waals surface area contributed by atoms with E-state index in [4.69, 9.17) is 0 Å². The Morgan fingerprint density at radius 1 is 1.21 bits per heavy atom. The molecule has 0 saturated carbocycles. The summed E-state index contributed by atoms with van der Waals surface area (Å²) in [5.74, 6) is 0.113. The van der Waals surface area contributed by atoms with Crippen molar-refractivity contribution in [3.63, 3.8) is 0 Å². The van der Waals surface area contributed by atoms with Crippen LogP contribution < -0.4 is 0 Å². The molecule has 0 saturated heterocycles. The minimum Gasteiger partial charge on any atom is -0.341 e. The Morgan fingerprint density at radius 3 is 2.79 bits per heavy atom. The van der Waals surface area contributed by atoms with Crippen LogP contribution in [0.2, 0.25) is 0 Å². The molecule has 0 unspecified atom stereocenters. The maximum Gasteiger partial charge on any atom is 0.222 e. The number of aromatic nitrogens is 5. The number of nitrogens with zero attached hydrogens (tertiary/aromatic N) is 6. The second-order valence-corrected chi connectivity index (χ2v) is 5.64. The van der Waals surface area contributed by atoms with Gasteiger partial charge in [-0.05, 0) is 18.6 Å². The molecule has 24 heavy (non-hydrogen) atoms. The molecule has 0 spiro atoms. The van der Waals surface area contributed by atoms with E-state index >= 15 is 0 Å². The zero-order valence-electron chi connectivity index (χ0n) is 13.6. The van der Waals surface area contributed by atoms with Gasteiger partial charge in [-0.25, -0.2) is 9.67 Å². The number of aryl methyl sites for hydroxylation is 1. The van der Waals surface area contributed by atoms with Crippen LogP contribution in [-0.2, 0) is 17.9 Å². The van der Waals surface area contributed by atoms with Crippen molar-refractivity contribution in [1.82, 2.24) is 29.4 Å². The van der Waals surface area contributed by atoms with Crippen LogP contribution in [0.3, 0.4) is 0 Å². The lowest BCUT2D eigenvalue weighted by Gasteiger charge is -2.16. The van der Waals surface area contributed by atoms with Gasteiger partial charge in [0, 0.05) is 38.3 Å². The number of hydrogen-bond acceptors (Lipinski definition) is 4. The van der Waals surface area contributed by atoms with Crippen molar-refractivity contribution in [2.75, 3.05) is 7.05 Å². The van der Waals surface area contributed by atoms with Crippen molar-refractivity contribution < 1.29 is 4.79 Å². The van der Waals surface area contributed by atoms with Crippen LogP contribution in [0, 0.1) is 0 Å². The van der Waals surface area contributed by atoms with Gasteiger partial charge in [-0.2, -0.15) is 10.2 Å². The summed E-state index contributed by atoms with van der Waals surface area (Å²) in [7, 11) is 1.82. The molecular formula is C17H20N6O. The van der Waals surface area contributed by atoms with E-state index in [9.17, 15) is 4.79 Å². The molecule has 0 N–H and O–H groups in total. The minimum absolute atomic E-state index is 0.113. The molecule has 0 aliphatic rings. The van der Waals surface area contributed by atoms with Crippen LogP contribution in [0.1, 0.15) is 18.4 Å². The summed E-state index contributed by atoms with van der Waals surface area (Å²) in [6.07, 6.45) is 8.14.